The van der Waals surface area contributed by atoms with Crippen LogP contribution in [0, 0.1) is 0 Å². The van der Waals surface area contributed by atoms with Gasteiger partial charge in [-0.15, -0.1) is 0 Å². The maximum Gasteiger partial charge on any atom is 0.212 e. The number of ether oxygens (including phenoxy) is 1. The second-order valence-electron chi connectivity index (χ2n) is 4.01. The van der Waals surface area contributed by atoms with Crippen molar-refractivity contribution in [1.29, 1.82) is 0 Å². The molecule has 0 fully saturated rings. The third-order valence-electron chi connectivity index (χ3n) is 2.87. The number of methoxy groups -OCH3 is 1. The molecule has 1 aromatic carbocycles. The van der Waals surface area contributed by atoms with Crippen molar-refractivity contribution < 1.29 is 4.74 Å². The Bertz CT molecular complexity index is 677. The Balaban J connectivity index is 2.07. The Morgan fingerprint density at radius 1 is 0.889 bits per heavy atom. The molecule has 0 radical (unpaired) electrons. The Hall–Kier alpha value is -2.42. The molecule has 18 heavy (non-hydrogen) atoms. The molecule has 3 aromatic rings. The number of pyridine rings is 2. The Morgan fingerprint density at radius 2 is 1.72 bits per heavy atom. The molecular formula is C15H12N2O. The lowest BCUT2D eigenvalue weighted by Gasteiger charge is -2.04. The van der Waals surface area contributed by atoms with Crippen molar-refractivity contribution in [2.24, 2.45) is 0 Å². The van der Waals surface area contributed by atoms with E-state index in [-0.39, 0.29) is 0 Å². The fraction of sp³-hybridized carbons (Fsp3) is 0.0667. The number of aromatic nitrogens is 2. The number of fused-ring (bicyclic) bond motifs is 1. The molecule has 0 aliphatic carbocycles. The molecular weight excluding hydrogens is 224 g/mol. The monoisotopic (exact) mass is 236 g/mol. The van der Waals surface area contributed by atoms with E-state index in [1.54, 1.807) is 13.3 Å². The van der Waals surface area contributed by atoms with Crippen molar-refractivity contribution in [3.05, 3.63) is 54.9 Å². The van der Waals surface area contributed by atoms with Crippen LogP contribution < -0.4 is 4.74 Å². The molecule has 0 saturated carbocycles. The smallest absolute Gasteiger partial charge is 0.212 e. The summed E-state index contributed by atoms with van der Waals surface area (Å²) in [5, 5.41) is 1.13. The summed E-state index contributed by atoms with van der Waals surface area (Å²) in [6, 6.07) is 14.0. The molecule has 0 bridgehead atoms. The van der Waals surface area contributed by atoms with E-state index < -0.39 is 0 Å². The average Bonchev–Trinajstić information content (AvgIpc) is 2.47. The molecule has 2 heterocycles. The third-order valence-corrected chi connectivity index (χ3v) is 2.87. The molecule has 0 unspecified atom stereocenters. The maximum absolute atomic E-state index is 5.05. The van der Waals surface area contributed by atoms with E-state index in [1.165, 1.54) is 0 Å². The van der Waals surface area contributed by atoms with Gasteiger partial charge in [0.15, 0.2) is 0 Å². The van der Waals surface area contributed by atoms with Gasteiger partial charge >= 0.3 is 0 Å². The first-order valence-electron chi connectivity index (χ1n) is 5.72. The van der Waals surface area contributed by atoms with E-state index in [0.717, 1.165) is 22.0 Å². The molecule has 3 heteroatoms. The standard InChI is InChI=1S/C15H12N2O/c1-18-15-7-6-12(9-17-15)13-8-11-4-2-3-5-14(11)16-10-13/h2-10H,1H3. The van der Waals surface area contributed by atoms with Gasteiger partial charge in [-0.2, -0.15) is 0 Å². The van der Waals surface area contributed by atoms with Gasteiger partial charge < -0.3 is 4.74 Å². The predicted molar refractivity (Wildman–Crippen MR) is 71.5 cm³/mol. The lowest BCUT2D eigenvalue weighted by Crippen LogP contribution is -1.88. The van der Waals surface area contributed by atoms with Crippen LogP contribution in [0.2, 0.25) is 0 Å². The highest BCUT2D eigenvalue weighted by Gasteiger charge is 2.01. The topological polar surface area (TPSA) is 35.0 Å². The quantitative estimate of drug-likeness (QED) is 0.684. The number of nitrogens with zero attached hydrogens (tertiary/aromatic N) is 2. The zero-order valence-corrected chi connectivity index (χ0v) is 10.00. The first kappa shape index (κ1) is 10.7. The molecule has 0 aliphatic rings. The second kappa shape index (κ2) is 4.45. The lowest BCUT2D eigenvalue weighted by atomic mass is 10.1. The van der Waals surface area contributed by atoms with Crippen LogP contribution in [-0.4, -0.2) is 17.1 Å². The molecule has 0 amide bonds. The Morgan fingerprint density at radius 3 is 2.50 bits per heavy atom. The summed E-state index contributed by atoms with van der Waals surface area (Å²) in [6.07, 6.45) is 3.66. The lowest BCUT2D eigenvalue weighted by molar-refractivity contribution is 0.398. The van der Waals surface area contributed by atoms with Gasteiger partial charge in [0.2, 0.25) is 5.88 Å². The Labute approximate surface area is 105 Å². The summed E-state index contributed by atoms with van der Waals surface area (Å²) in [7, 11) is 1.61. The average molecular weight is 236 g/mol. The normalized spacial score (nSPS) is 10.5. The van der Waals surface area contributed by atoms with Crippen molar-refractivity contribution in [3.8, 4) is 17.0 Å². The van der Waals surface area contributed by atoms with Crippen LogP contribution in [0.4, 0.5) is 0 Å². The van der Waals surface area contributed by atoms with Gasteiger partial charge in [-0.1, -0.05) is 18.2 Å². The molecule has 88 valence electrons. The summed E-state index contributed by atoms with van der Waals surface area (Å²) >= 11 is 0. The van der Waals surface area contributed by atoms with Crippen molar-refractivity contribution in [2.45, 2.75) is 0 Å². The Kier molecular flexibility index (Phi) is 2.65. The molecule has 0 saturated heterocycles. The summed E-state index contributed by atoms with van der Waals surface area (Å²) < 4.78 is 5.05. The van der Waals surface area contributed by atoms with Gasteiger partial charge in [-0.05, 0) is 18.2 Å². The fourth-order valence-corrected chi connectivity index (χ4v) is 1.90. The zero-order chi connectivity index (χ0) is 12.4. The van der Waals surface area contributed by atoms with Gasteiger partial charge in [0, 0.05) is 35.0 Å². The molecule has 0 spiro atoms. The van der Waals surface area contributed by atoms with Crippen molar-refractivity contribution in [2.75, 3.05) is 7.11 Å². The van der Waals surface area contributed by atoms with Gasteiger partial charge in [0.1, 0.15) is 0 Å². The van der Waals surface area contributed by atoms with Gasteiger partial charge in [0.25, 0.3) is 0 Å². The van der Waals surface area contributed by atoms with Crippen LogP contribution in [0.25, 0.3) is 22.0 Å². The predicted octanol–water partition coefficient (Wildman–Crippen LogP) is 3.31. The van der Waals surface area contributed by atoms with E-state index in [0.29, 0.717) is 5.88 Å². The third kappa shape index (κ3) is 1.91. The highest BCUT2D eigenvalue weighted by molar-refractivity contribution is 5.83. The zero-order valence-electron chi connectivity index (χ0n) is 10.00. The van der Waals surface area contributed by atoms with Crippen molar-refractivity contribution >= 4 is 10.9 Å². The van der Waals surface area contributed by atoms with Crippen LogP contribution in [0.1, 0.15) is 0 Å². The van der Waals surface area contributed by atoms with E-state index in [9.17, 15) is 0 Å². The first-order chi connectivity index (χ1) is 8.86. The van der Waals surface area contributed by atoms with Crippen LogP contribution in [0.5, 0.6) is 5.88 Å². The largest absolute Gasteiger partial charge is 0.481 e. The summed E-state index contributed by atoms with van der Waals surface area (Å²) in [5.74, 6) is 0.618. The van der Waals surface area contributed by atoms with E-state index in [2.05, 4.69) is 22.1 Å². The highest BCUT2D eigenvalue weighted by atomic mass is 16.5. The summed E-state index contributed by atoms with van der Waals surface area (Å²) in [5.41, 5.74) is 3.10. The minimum atomic E-state index is 0.618. The van der Waals surface area contributed by atoms with Crippen LogP contribution in [0.3, 0.4) is 0 Å². The molecule has 0 aliphatic heterocycles. The van der Waals surface area contributed by atoms with Crippen LogP contribution in [-0.2, 0) is 0 Å². The number of benzene rings is 1. The van der Waals surface area contributed by atoms with E-state index >= 15 is 0 Å². The molecule has 3 rings (SSSR count). The number of para-hydroxylation sites is 1. The molecule has 3 nitrogen and oxygen atoms in total. The highest BCUT2D eigenvalue weighted by Crippen LogP contribution is 2.23. The second-order valence-corrected chi connectivity index (χ2v) is 4.01. The minimum absolute atomic E-state index is 0.618. The minimum Gasteiger partial charge on any atom is -0.481 e. The summed E-state index contributed by atoms with van der Waals surface area (Å²) in [6.45, 7) is 0. The fourth-order valence-electron chi connectivity index (χ4n) is 1.90. The first-order valence-corrected chi connectivity index (χ1v) is 5.72. The maximum atomic E-state index is 5.05. The van der Waals surface area contributed by atoms with E-state index in [4.69, 9.17) is 4.74 Å². The van der Waals surface area contributed by atoms with E-state index in [1.807, 2.05) is 36.5 Å². The SMILES string of the molecule is COc1ccc(-c2cnc3ccccc3c2)cn1. The molecule has 0 atom stereocenters. The van der Waals surface area contributed by atoms with Gasteiger partial charge in [-0.25, -0.2) is 4.98 Å². The van der Waals surface area contributed by atoms with Crippen LogP contribution >= 0.6 is 0 Å². The molecule has 2 aromatic heterocycles. The van der Waals surface area contributed by atoms with Crippen LogP contribution in [0.15, 0.2) is 54.9 Å². The number of hydrogen-bond acceptors (Lipinski definition) is 3. The molecule has 0 N–H and O–H groups in total. The van der Waals surface area contributed by atoms with Gasteiger partial charge in [0.05, 0.1) is 12.6 Å². The summed E-state index contributed by atoms with van der Waals surface area (Å²) in [4.78, 5) is 8.64. The number of rotatable bonds is 2. The number of hydrogen-bond donors (Lipinski definition) is 0. The van der Waals surface area contributed by atoms with Gasteiger partial charge in [-0.3, -0.25) is 4.98 Å². The van der Waals surface area contributed by atoms with Crippen molar-refractivity contribution in [1.82, 2.24) is 9.97 Å². The van der Waals surface area contributed by atoms with Crippen molar-refractivity contribution in [3.63, 3.8) is 0 Å².